The number of hydrazone groups is 1. The third kappa shape index (κ3) is 4.15. The van der Waals surface area contributed by atoms with Crippen molar-refractivity contribution in [3.05, 3.63) is 65.0 Å². The smallest absolute Gasteiger partial charge is 0.246 e. The summed E-state index contributed by atoms with van der Waals surface area (Å²) in [5, 5.41) is 11.1. The van der Waals surface area contributed by atoms with Crippen molar-refractivity contribution in [2.75, 3.05) is 5.43 Å². The average molecular weight is 393 g/mol. The minimum absolute atomic E-state index is 0.508. The number of aromatic nitrogens is 5. The van der Waals surface area contributed by atoms with Gasteiger partial charge in [-0.1, -0.05) is 30.3 Å². The largest absolute Gasteiger partial charge is 0.337 e. The van der Waals surface area contributed by atoms with E-state index in [0.29, 0.717) is 18.3 Å². The zero-order valence-electron chi connectivity index (χ0n) is 15.5. The lowest BCUT2D eigenvalue weighted by Crippen LogP contribution is -2.03. The maximum Gasteiger partial charge on any atom is 0.246 e. The molecule has 0 unspecified atom stereocenters. The Hall–Kier alpha value is -3.33. The fourth-order valence-electron chi connectivity index (χ4n) is 2.71. The molecule has 0 atom stereocenters. The molecule has 4 rings (SSSR count). The van der Waals surface area contributed by atoms with E-state index in [1.54, 1.807) is 12.4 Å². The summed E-state index contributed by atoms with van der Waals surface area (Å²) in [5.74, 6) is 2.08. The molecule has 1 N–H and O–H groups in total. The molecule has 142 valence electrons. The van der Waals surface area contributed by atoms with Gasteiger partial charge in [0.05, 0.1) is 11.9 Å². The number of anilines is 1. The molecule has 0 fully saturated rings. The Bertz CT molecular complexity index is 1100. The highest BCUT2D eigenvalue weighted by Crippen LogP contribution is 2.18. The van der Waals surface area contributed by atoms with E-state index >= 15 is 0 Å². The third-order valence-electron chi connectivity index (χ3n) is 4.03. The second kappa shape index (κ2) is 8.13. The highest BCUT2D eigenvalue weighted by atomic mass is 32.1. The van der Waals surface area contributed by atoms with E-state index in [9.17, 15) is 0 Å². The van der Waals surface area contributed by atoms with Crippen molar-refractivity contribution >= 4 is 22.7 Å². The van der Waals surface area contributed by atoms with Crippen LogP contribution in [0.3, 0.4) is 0 Å². The predicted octanol–water partition coefficient (Wildman–Crippen LogP) is 3.75. The Morgan fingerprint density at radius 2 is 2.25 bits per heavy atom. The van der Waals surface area contributed by atoms with Crippen molar-refractivity contribution in [3.8, 4) is 11.4 Å². The molecule has 0 aliphatic heterocycles. The van der Waals surface area contributed by atoms with Gasteiger partial charge in [-0.15, -0.1) is 11.3 Å². The summed E-state index contributed by atoms with van der Waals surface area (Å²) in [5.41, 5.74) is 5.69. The number of aryl methyl sites for hydroxylation is 2. The van der Waals surface area contributed by atoms with E-state index in [-0.39, 0.29) is 0 Å². The molecule has 0 aliphatic rings. The van der Waals surface area contributed by atoms with Crippen LogP contribution in [0, 0.1) is 6.92 Å². The molecule has 28 heavy (non-hydrogen) atoms. The summed E-state index contributed by atoms with van der Waals surface area (Å²) in [6.07, 6.45) is 6.28. The predicted molar refractivity (Wildman–Crippen MR) is 109 cm³/mol. The van der Waals surface area contributed by atoms with Crippen LogP contribution in [-0.2, 0) is 13.0 Å². The van der Waals surface area contributed by atoms with Gasteiger partial charge in [-0.2, -0.15) is 10.1 Å². The summed E-state index contributed by atoms with van der Waals surface area (Å²) in [7, 11) is 0. The van der Waals surface area contributed by atoms with Crippen molar-refractivity contribution in [1.29, 1.82) is 0 Å². The maximum atomic E-state index is 5.41. The number of rotatable bonds is 7. The van der Waals surface area contributed by atoms with E-state index in [4.69, 9.17) is 4.52 Å². The van der Waals surface area contributed by atoms with Gasteiger partial charge in [0.2, 0.25) is 16.8 Å². The molecule has 1 aromatic carbocycles. The molecule has 8 nitrogen and oxygen atoms in total. The second-order valence-electron chi connectivity index (χ2n) is 6.13. The molecule has 0 spiro atoms. The van der Waals surface area contributed by atoms with Gasteiger partial charge >= 0.3 is 0 Å². The van der Waals surface area contributed by atoms with Gasteiger partial charge < -0.3 is 9.09 Å². The molecule has 9 heteroatoms. The Labute approximate surface area is 166 Å². The van der Waals surface area contributed by atoms with E-state index in [0.717, 1.165) is 34.2 Å². The van der Waals surface area contributed by atoms with Gasteiger partial charge in [0, 0.05) is 29.8 Å². The quantitative estimate of drug-likeness (QED) is 0.380. The van der Waals surface area contributed by atoms with Gasteiger partial charge in [-0.25, -0.2) is 9.97 Å². The van der Waals surface area contributed by atoms with Gasteiger partial charge in [-0.05, 0) is 18.6 Å². The maximum absolute atomic E-state index is 5.41. The zero-order valence-corrected chi connectivity index (χ0v) is 16.3. The number of nitrogens with one attached hydrogen (secondary N) is 1. The van der Waals surface area contributed by atoms with E-state index < -0.39 is 0 Å². The number of thiazole rings is 1. The number of hydrogen-bond donors (Lipinski definition) is 1. The molecular formula is C19H19N7OS. The lowest BCUT2D eigenvalue weighted by atomic mass is 10.1. The SMILES string of the molecule is CCc1nccn1Cc1nc(-c2cccc(C=NNc3nc(C)cs3)c2)no1. The van der Waals surface area contributed by atoms with Crippen LogP contribution in [0.1, 0.15) is 29.9 Å². The highest BCUT2D eigenvalue weighted by Gasteiger charge is 2.11. The molecule has 0 amide bonds. The Morgan fingerprint density at radius 1 is 1.32 bits per heavy atom. The summed E-state index contributed by atoms with van der Waals surface area (Å²) in [4.78, 5) is 13.1. The topological polar surface area (TPSA) is 94.0 Å². The monoisotopic (exact) mass is 393 g/mol. The molecule has 0 saturated carbocycles. The lowest BCUT2D eigenvalue weighted by Gasteiger charge is -2.01. The number of benzene rings is 1. The standard InChI is InChI=1S/C19H19N7OS/c1-3-16-20-7-8-26(16)11-17-23-18(25-27-17)15-6-4-5-14(9-15)10-21-24-19-22-13(2)12-28-19/h4-10,12H,3,11H2,1-2H3,(H,22,24). The average Bonchev–Trinajstić information content (AvgIpc) is 3.44. The summed E-state index contributed by atoms with van der Waals surface area (Å²) >= 11 is 1.52. The summed E-state index contributed by atoms with van der Waals surface area (Å²) < 4.78 is 7.42. The van der Waals surface area contributed by atoms with Crippen LogP contribution in [0.25, 0.3) is 11.4 Å². The first-order valence-electron chi connectivity index (χ1n) is 8.85. The molecule has 0 saturated heterocycles. The van der Waals surface area contributed by atoms with Crippen LogP contribution < -0.4 is 5.43 Å². The molecule has 3 aromatic heterocycles. The van der Waals surface area contributed by atoms with Crippen molar-refractivity contribution < 1.29 is 4.52 Å². The van der Waals surface area contributed by atoms with Crippen LogP contribution in [0.2, 0.25) is 0 Å². The second-order valence-corrected chi connectivity index (χ2v) is 6.98. The van der Waals surface area contributed by atoms with Crippen LogP contribution >= 0.6 is 11.3 Å². The molecule has 4 aromatic rings. The molecular weight excluding hydrogens is 374 g/mol. The lowest BCUT2D eigenvalue weighted by molar-refractivity contribution is 0.370. The minimum atomic E-state index is 0.508. The van der Waals surface area contributed by atoms with Crippen LogP contribution in [0.5, 0.6) is 0 Å². The van der Waals surface area contributed by atoms with Crippen LogP contribution in [0.15, 0.2) is 51.7 Å². The van der Waals surface area contributed by atoms with E-state index in [1.807, 2.05) is 47.3 Å². The Morgan fingerprint density at radius 3 is 3.07 bits per heavy atom. The molecule has 3 heterocycles. The van der Waals surface area contributed by atoms with E-state index in [2.05, 4.69) is 37.6 Å². The fourth-order valence-corrected chi connectivity index (χ4v) is 3.34. The van der Waals surface area contributed by atoms with Crippen LogP contribution in [0.4, 0.5) is 5.13 Å². The van der Waals surface area contributed by atoms with Crippen molar-refractivity contribution in [2.45, 2.75) is 26.8 Å². The third-order valence-corrected chi connectivity index (χ3v) is 4.89. The summed E-state index contributed by atoms with van der Waals surface area (Å²) in [6, 6.07) is 7.80. The number of nitrogens with zero attached hydrogens (tertiary/aromatic N) is 6. The van der Waals surface area contributed by atoms with Crippen molar-refractivity contribution in [1.82, 2.24) is 24.7 Å². The van der Waals surface area contributed by atoms with Gasteiger partial charge in [0.25, 0.3) is 0 Å². The van der Waals surface area contributed by atoms with Gasteiger partial charge in [-0.3, -0.25) is 5.43 Å². The van der Waals surface area contributed by atoms with Gasteiger partial charge in [0.1, 0.15) is 12.4 Å². The Balaban J connectivity index is 1.46. The summed E-state index contributed by atoms with van der Waals surface area (Å²) in [6.45, 7) is 4.52. The van der Waals surface area contributed by atoms with Crippen molar-refractivity contribution in [2.24, 2.45) is 5.10 Å². The zero-order chi connectivity index (χ0) is 19.3. The van der Waals surface area contributed by atoms with Crippen LogP contribution in [-0.4, -0.2) is 30.9 Å². The number of hydrogen-bond acceptors (Lipinski definition) is 8. The minimum Gasteiger partial charge on any atom is -0.337 e. The van der Waals surface area contributed by atoms with Gasteiger partial charge in [0.15, 0.2) is 0 Å². The fraction of sp³-hybridized carbons (Fsp3) is 0.211. The Kier molecular flexibility index (Phi) is 5.24. The van der Waals surface area contributed by atoms with Crippen molar-refractivity contribution in [3.63, 3.8) is 0 Å². The first kappa shape index (κ1) is 18.1. The molecule has 0 bridgehead atoms. The van der Waals surface area contributed by atoms with E-state index in [1.165, 1.54) is 11.3 Å². The normalized spacial score (nSPS) is 11.4. The molecule has 0 aliphatic carbocycles. The first-order valence-corrected chi connectivity index (χ1v) is 9.73. The number of imidazole rings is 1. The highest BCUT2D eigenvalue weighted by molar-refractivity contribution is 7.13. The molecule has 0 radical (unpaired) electrons. The first-order chi connectivity index (χ1) is 13.7.